The van der Waals surface area contributed by atoms with Gasteiger partial charge in [0.05, 0.1) is 18.2 Å². The molecule has 0 aromatic heterocycles. The largest absolute Gasteiger partial charge is 0.478 e. The van der Waals surface area contributed by atoms with E-state index in [-0.39, 0.29) is 18.1 Å². The normalized spacial score (nSPS) is 12.7. The van der Waals surface area contributed by atoms with Crippen LogP contribution >= 0.6 is 7.82 Å². The van der Waals surface area contributed by atoms with Crippen molar-refractivity contribution < 1.29 is 37.6 Å². The van der Waals surface area contributed by atoms with E-state index in [1.54, 1.807) is 6.07 Å². The second-order valence-electron chi connectivity index (χ2n) is 10.8. The Bertz CT molecular complexity index is 1760. The lowest BCUT2D eigenvalue weighted by molar-refractivity contribution is 0.0697. The molecular weight excluding hydrogens is 585 g/mol. The molecule has 1 aliphatic carbocycles. The first-order chi connectivity index (χ1) is 20.9. The lowest BCUT2D eigenvalue weighted by Crippen LogP contribution is -2.24. The molecule has 2 aromatic carbocycles. The quantitative estimate of drug-likeness (QED) is 0.0806. The number of aromatic carboxylic acids is 1. The third-order valence-electron chi connectivity index (χ3n) is 7.35. The third-order valence-corrected chi connectivity index (χ3v) is 8.32. The van der Waals surface area contributed by atoms with Crippen LogP contribution in [0.2, 0.25) is 0 Å². The Morgan fingerprint density at radius 3 is 2.41 bits per heavy atom. The zero-order valence-corrected chi connectivity index (χ0v) is 26.5. The van der Waals surface area contributed by atoms with Crippen LogP contribution in [0.25, 0.3) is 33.4 Å². The monoisotopic (exact) mass is 624 g/mol. The zero-order valence-electron chi connectivity index (χ0n) is 25.6. The Labute approximate surface area is 256 Å². The van der Waals surface area contributed by atoms with E-state index in [2.05, 4.69) is 9.84 Å². The summed E-state index contributed by atoms with van der Waals surface area (Å²) in [5, 5.41) is 14.7. The Balaban J connectivity index is 1.65. The highest BCUT2D eigenvalue weighted by atomic mass is 31.2. The van der Waals surface area contributed by atoms with Crippen molar-refractivity contribution >= 4 is 36.4 Å². The number of rotatable bonds is 13. The van der Waals surface area contributed by atoms with Crippen LogP contribution in [0.1, 0.15) is 46.4 Å². The SMILES string of the molecule is COP(=O)(O)OCCCCCCNC(=O)c1ccc(C(=O)O)c(-c2c3ccc(=[N+](C)C)cc-3oc3cc(N(C)C)ccc23)c1. The summed E-state index contributed by atoms with van der Waals surface area (Å²) in [6.07, 6.45) is 2.82. The molecular formula is C32H39N3O8P+. The first-order valence-corrected chi connectivity index (χ1v) is 15.8. The number of nitrogens with one attached hydrogen (secondary N) is 1. The molecule has 1 aliphatic heterocycles. The third kappa shape index (κ3) is 7.73. The first kappa shape index (κ1) is 32.9. The molecule has 0 radical (unpaired) electrons. The van der Waals surface area contributed by atoms with E-state index in [9.17, 15) is 24.2 Å². The molecule has 0 saturated carbocycles. The van der Waals surface area contributed by atoms with Crippen molar-refractivity contribution in [3.63, 3.8) is 0 Å². The summed E-state index contributed by atoms with van der Waals surface area (Å²) in [6, 6.07) is 16.2. The summed E-state index contributed by atoms with van der Waals surface area (Å²) in [7, 11) is 4.89. The van der Waals surface area contributed by atoms with Gasteiger partial charge in [0, 0.05) is 67.6 Å². The molecule has 3 N–H and O–H groups in total. The van der Waals surface area contributed by atoms with Gasteiger partial charge in [0.25, 0.3) is 5.91 Å². The zero-order chi connectivity index (χ0) is 32.0. The van der Waals surface area contributed by atoms with Gasteiger partial charge in [0.1, 0.15) is 25.4 Å². The van der Waals surface area contributed by atoms with Crippen LogP contribution in [-0.4, -0.2) is 70.3 Å². The number of phosphoric ester groups is 1. The fourth-order valence-corrected chi connectivity index (χ4v) is 5.38. The Morgan fingerprint density at radius 1 is 0.977 bits per heavy atom. The number of anilines is 1. The van der Waals surface area contributed by atoms with E-state index in [0.717, 1.165) is 41.9 Å². The smallest absolute Gasteiger partial charge is 0.471 e. The van der Waals surface area contributed by atoms with Crippen molar-refractivity contribution in [2.24, 2.45) is 0 Å². The number of unbranched alkanes of at least 4 members (excludes halogenated alkanes) is 3. The van der Waals surface area contributed by atoms with Crippen molar-refractivity contribution in [1.82, 2.24) is 9.89 Å². The highest BCUT2D eigenvalue weighted by molar-refractivity contribution is 7.47. The number of carboxylic acids is 1. The summed E-state index contributed by atoms with van der Waals surface area (Å²) < 4.78 is 28.8. The van der Waals surface area contributed by atoms with Gasteiger partial charge >= 0.3 is 13.8 Å². The van der Waals surface area contributed by atoms with Crippen LogP contribution in [-0.2, 0) is 13.6 Å². The topological polar surface area (TPSA) is 142 Å². The van der Waals surface area contributed by atoms with Gasteiger partial charge in [-0.05, 0) is 54.8 Å². The summed E-state index contributed by atoms with van der Waals surface area (Å²) >= 11 is 0. The van der Waals surface area contributed by atoms with E-state index >= 15 is 0 Å². The number of benzene rings is 3. The number of carboxylic acid groups (broad SMARTS) is 1. The standard InChI is InChI=1S/C32H38N3O8P/c1-34(2)22-11-14-25-28(19-22)43-29-20-23(35(3)4)12-15-26(29)30(25)27-18-21(10-13-24(27)32(37)38)31(36)33-16-8-6-7-9-17-42-44(39,40)41-5/h10-15,18-20H,6-9,16-17H2,1-5H3,(H2-,33,36,37,38,39,40)/p+1. The van der Waals surface area contributed by atoms with Gasteiger partial charge in [-0.2, -0.15) is 0 Å². The van der Waals surface area contributed by atoms with Gasteiger partial charge in [-0.3, -0.25) is 13.8 Å². The molecule has 0 saturated heterocycles. The van der Waals surface area contributed by atoms with Gasteiger partial charge in [-0.25, -0.2) is 13.9 Å². The van der Waals surface area contributed by atoms with Crippen molar-refractivity contribution in [2.45, 2.75) is 25.7 Å². The molecule has 4 rings (SSSR count). The van der Waals surface area contributed by atoms with Crippen molar-refractivity contribution in [2.75, 3.05) is 53.4 Å². The predicted molar refractivity (Wildman–Crippen MR) is 170 cm³/mol. The summed E-state index contributed by atoms with van der Waals surface area (Å²) in [4.78, 5) is 36.8. The minimum Gasteiger partial charge on any atom is -0.478 e. The number of carbonyl (C=O) groups is 2. The van der Waals surface area contributed by atoms with Gasteiger partial charge < -0.3 is 24.6 Å². The van der Waals surface area contributed by atoms with Crippen LogP contribution in [0.3, 0.4) is 0 Å². The average Bonchev–Trinajstić information content (AvgIpc) is 2.99. The van der Waals surface area contributed by atoms with Crippen LogP contribution in [0.15, 0.2) is 59.0 Å². The second-order valence-corrected chi connectivity index (χ2v) is 12.4. The Morgan fingerprint density at radius 2 is 1.73 bits per heavy atom. The molecule has 0 spiro atoms. The van der Waals surface area contributed by atoms with Crippen molar-refractivity contribution in [3.8, 4) is 22.5 Å². The van der Waals surface area contributed by atoms with E-state index in [4.69, 9.17) is 8.94 Å². The maximum Gasteiger partial charge on any atom is 0.471 e. The minimum atomic E-state index is -3.96. The number of amides is 1. The van der Waals surface area contributed by atoms with Crippen LogP contribution < -0.4 is 20.1 Å². The number of fused-ring (bicyclic) bond motifs is 2. The molecule has 234 valence electrons. The van der Waals surface area contributed by atoms with Gasteiger partial charge in [0.15, 0.2) is 0 Å². The first-order valence-electron chi connectivity index (χ1n) is 14.3. The molecule has 0 fully saturated rings. The Kier molecular flexibility index (Phi) is 10.6. The molecule has 0 bridgehead atoms. The van der Waals surface area contributed by atoms with Crippen LogP contribution in [0.5, 0.6) is 0 Å². The summed E-state index contributed by atoms with van der Waals surface area (Å²) in [5.41, 5.74) is 3.76. The summed E-state index contributed by atoms with van der Waals surface area (Å²) in [5.74, 6) is -0.821. The van der Waals surface area contributed by atoms with Crippen LogP contribution in [0.4, 0.5) is 5.69 Å². The number of carbonyl (C=O) groups excluding carboxylic acids is 1. The molecule has 12 heteroatoms. The predicted octanol–water partition coefficient (Wildman–Crippen LogP) is 5.05. The number of hydrogen-bond acceptors (Lipinski definition) is 7. The van der Waals surface area contributed by atoms with Crippen molar-refractivity contribution in [1.29, 1.82) is 0 Å². The van der Waals surface area contributed by atoms with Gasteiger partial charge in [0.2, 0.25) is 5.36 Å². The van der Waals surface area contributed by atoms with Gasteiger partial charge in [-0.1, -0.05) is 12.8 Å². The number of hydrogen-bond donors (Lipinski definition) is 3. The molecule has 1 unspecified atom stereocenters. The molecule has 44 heavy (non-hydrogen) atoms. The van der Waals surface area contributed by atoms with E-state index in [1.165, 1.54) is 12.1 Å². The molecule has 11 nitrogen and oxygen atoms in total. The van der Waals surface area contributed by atoms with E-state index in [0.29, 0.717) is 47.4 Å². The molecule has 1 amide bonds. The summed E-state index contributed by atoms with van der Waals surface area (Å²) in [6.45, 7) is 0.526. The van der Waals surface area contributed by atoms with E-state index in [1.807, 2.05) is 74.1 Å². The lowest BCUT2D eigenvalue weighted by atomic mass is 9.89. The number of phosphoric acid groups is 1. The van der Waals surface area contributed by atoms with Crippen LogP contribution in [0, 0.1) is 0 Å². The van der Waals surface area contributed by atoms with Crippen molar-refractivity contribution in [3.05, 3.63) is 71.1 Å². The molecule has 1 atom stereocenters. The highest BCUT2D eigenvalue weighted by Gasteiger charge is 2.24. The second kappa shape index (κ2) is 14.2. The Hall–Kier alpha value is -4.02. The molecule has 2 aliphatic rings. The fourth-order valence-electron chi connectivity index (χ4n) is 4.91. The maximum atomic E-state index is 13.2. The molecule has 1 heterocycles. The maximum absolute atomic E-state index is 13.2. The van der Waals surface area contributed by atoms with E-state index < -0.39 is 13.8 Å². The average molecular weight is 625 g/mol. The number of nitrogens with zero attached hydrogens (tertiary/aromatic N) is 2. The highest BCUT2D eigenvalue weighted by Crippen LogP contribution is 2.43. The van der Waals surface area contributed by atoms with Gasteiger partial charge in [-0.15, -0.1) is 0 Å². The lowest BCUT2D eigenvalue weighted by Gasteiger charge is -2.19. The fraction of sp³-hybridized carbons (Fsp3) is 0.344. The minimum absolute atomic E-state index is 0.0758. The molecule has 2 aromatic rings.